The summed E-state index contributed by atoms with van der Waals surface area (Å²) in [6.07, 6.45) is 0. The summed E-state index contributed by atoms with van der Waals surface area (Å²) in [6, 6.07) is 24.3. The Labute approximate surface area is 147 Å². The van der Waals surface area contributed by atoms with Gasteiger partial charge in [-0.05, 0) is 36.4 Å². The van der Waals surface area contributed by atoms with E-state index in [1.807, 2.05) is 0 Å². The van der Waals surface area contributed by atoms with Gasteiger partial charge >= 0.3 is 0 Å². The zero-order valence-corrected chi connectivity index (χ0v) is 14.7. The Bertz CT molecular complexity index is 953. The lowest BCUT2D eigenvalue weighted by Gasteiger charge is -2.03. The van der Waals surface area contributed by atoms with Gasteiger partial charge in [-0.1, -0.05) is 54.6 Å². The van der Waals surface area contributed by atoms with E-state index in [-0.39, 0.29) is 4.90 Å². The average molecular weight is 376 g/mol. The predicted octanol–water partition coefficient (Wildman–Crippen LogP) is 3.45. The molecular formula is C18H16O5S2. The molecule has 5 nitrogen and oxygen atoms in total. The normalized spacial score (nSPS) is 11.2. The molecule has 25 heavy (non-hydrogen) atoms. The molecule has 0 heterocycles. The minimum Gasteiger partial charge on any atom is -0.282 e. The van der Waals surface area contributed by atoms with Crippen LogP contribution in [0.2, 0.25) is 0 Å². The third-order valence-electron chi connectivity index (χ3n) is 3.15. The summed E-state index contributed by atoms with van der Waals surface area (Å²) in [4.78, 5) is 0.586. The zero-order chi connectivity index (χ0) is 18.3. The Morgan fingerprint density at radius 1 is 0.480 bits per heavy atom. The SMILES string of the molecule is O=S(=O)(O)c1ccccc1.O=S(=O)(c1ccccc1)c1ccccc1. The van der Waals surface area contributed by atoms with Crippen LogP contribution in [-0.4, -0.2) is 21.4 Å². The van der Waals surface area contributed by atoms with Crippen LogP contribution in [0.3, 0.4) is 0 Å². The van der Waals surface area contributed by atoms with Crippen LogP contribution in [0.25, 0.3) is 0 Å². The first kappa shape index (κ1) is 18.9. The highest BCUT2D eigenvalue weighted by Crippen LogP contribution is 2.19. The molecule has 3 aromatic carbocycles. The first-order chi connectivity index (χ1) is 11.8. The Morgan fingerprint density at radius 3 is 1.00 bits per heavy atom. The van der Waals surface area contributed by atoms with Crippen molar-refractivity contribution in [3.05, 3.63) is 91.0 Å². The molecule has 0 saturated carbocycles. The van der Waals surface area contributed by atoms with Crippen LogP contribution < -0.4 is 0 Å². The number of sulfone groups is 1. The third kappa shape index (κ3) is 5.25. The highest BCUT2D eigenvalue weighted by Gasteiger charge is 2.15. The fourth-order valence-corrected chi connectivity index (χ4v) is 3.73. The van der Waals surface area contributed by atoms with Crippen LogP contribution in [0.4, 0.5) is 0 Å². The van der Waals surface area contributed by atoms with Crippen molar-refractivity contribution >= 4 is 20.0 Å². The summed E-state index contributed by atoms with van der Waals surface area (Å²) in [5, 5.41) is 0. The molecule has 0 saturated heterocycles. The molecule has 0 unspecified atom stereocenters. The average Bonchev–Trinajstić information content (AvgIpc) is 2.64. The number of rotatable bonds is 3. The largest absolute Gasteiger partial charge is 0.294 e. The van der Waals surface area contributed by atoms with Gasteiger partial charge in [0.05, 0.1) is 14.7 Å². The molecule has 0 amide bonds. The topological polar surface area (TPSA) is 88.5 Å². The first-order valence-corrected chi connectivity index (χ1v) is 10.1. The quantitative estimate of drug-likeness (QED) is 0.707. The van der Waals surface area contributed by atoms with Crippen molar-refractivity contribution in [1.29, 1.82) is 0 Å². The highest BCUT2D eigenvalue weighted by molar-refractivity contribution is 7.91. The van der Waals surface area contributed by atoms with Crippen LogP contribution in [0.5, 0.6) is 0 Å². The fourth-order valence-electron chi connectivity index (χ4n) is 1.93. The van der Waals surface area contributed by atoms with Crippen LogP contribution in [-0.2, 0) is 20.0 Å². The molecule has 0 radical (unpaired) electrons. The lowest BCUT2D eigenvalue weighted by molar-refractivity contribution is 0.483. The molecule has 3 rings (SSSR count). The first-order valence-electron chi connectivity index (χ1n) is 7.19. The summed E-state index contributed by atoms with van der Waals surface area (Å²) in [7, 11) is -7.34. The maximum atomic E-state index is 12.0. The van der Waals surface area contributed by atoms with Crippen LogP contribution >= 0.6 is 0 Å². The number of hydrogen-bond donors (Lipinski definition) is 1. The maximum Gasteiger partial charge on any atom is 0.294 e. The van der Waals surface area contributed by atoms with E-state index in [2.05, 4.69) is 0 Å². The van der Waals surface area contributed by atoms with Crippen LogP contribution in [0.1, 0.15) is 0 Å². The molecule has 3 aromatic rings. The number of benzene rings is 3. The van der Waals surface area contributed by atoms with E-state index in [9.17, 15) is 16.8 Å². The second-order valence-electron chi connectivity index (χ2n) is 4.92. The van der Waals surface area contributed by atoms with E-state index in [1.165, 1.54) is 12.1 Å². The van der Waals surface area contributed by atoms with Crippen molar-refractivity contribution in [2.24, 2.45) is 0 Å². The Morgan fingerprint density at radius 2 is 0.760 bits per heavy atom. The minimum absolute atomic E-state index is 0.0741. The smallest absolute Gasteiger partial charge is 0.282 e. The molecule has 0 aliphatic rings. The molecule has 0 bridgehead atoms. The van der Waals surface area contributed by atoms with E-state index in [0.29, 0.717) is 9.79 Å². The van der Waals surface area contributed by atoms with Gasteiger partial charge in [0.25, 0.3) is 10.1 Å². The summed E-state index contributed by atoms with van der Waals surface area (Å²) >= 11 is 0. The van der Waals surface area contributed by atoms with Gasteiger partial charge in [-0.2, -0.15) is 8.42 Å². The predicted molar refractivity (Wildman–Crippen MR) is 94.6 cm³/mol. The van der Waals surface area contributed by atoms with Crippen molar-refractivity contribution in [1.82, 2.24) is 0 Å². The second kappa shape index (κ2) is 8.06. The van der Waals surface area contributed by atoms with E-state index in [4.69, 9.17) is 4.55 Å². The summed E-state index contributed by atoms with van der Waals surface area (Å²) < 4.78 is 53.3. The van der Waals surface area contributed by atoms with Gasteiger partial charge in [0.1, 0.15) is 0 Å². The minimum atomic E-state index is -4.00. The standard InChI is InChI=1S/C12H10O2S.C6H6O3S/c13-15(14,11-7-3-1-4-8-11)12-9-5-2-6-10-12;7-10(8,9)6-4-2-1-3-5-6/h1-10H;1-5H,(H,7,8,9). The molecule has 1 N–H and O–H groups in total. The van der Waals surface area contributed by atoms with Crippen molar-refractivity contribution in [3.8, 4) is 0 Å². The van der Waals surface area contributed by atoms with Gasteiger partial charge in [0.15, 0.2) is 0 Å². The Balaban J connectivity index is 0.000000196. The van der Waals surface area contributed by atoms with Gasteiger partial charge in [-0.25, -0.2) is 8.42 Å². The van der Waals surface area contributed by atoms with Crippen molar-refractivity contribution < 1.29 is 21.4 Å². The van der Waals surface area contributed by atoms with Gasteiger partial charge in [0.2, 0.25) is 9.84 Å². The fraction of sp³-hybridized carbons (Fsp3) is 0. The lowest BCUT2D eigenvalue weighted by Crippen LogP contribution is -2.00. The molecule has 130 valence electrons. The molecule has 0 atom stereocenters. The molecule has 0 aliphatic carbocycles. The second-order valence-corrected chi connectivity index (χ2v) is 8.29. The summed E-state index contributed by atoms with van der Waals surface area (Å²) in [6.45, 7) is 0. The zero-order valence-electron chi connectivity index (χ0n) is 13.1. The maximum absolute atomic E-state index is 12.0. The van der Waals surface area contributed by atoms with Gasteiger partial charge < -0.3 is 0 Å². The molecule has 0 fully saturated rings. The lowest BCUT2D eigenvalue weighted by atomic mass is 10.4. The molecule has 0 aromatic heterocycles. The van der Waals surface area contributed by atoms with E-state index >= 15 is 0 Å². The monoisotopic (exact) mass is 376 g/mol. The van der Waals surface area contributed by atoms with E-state index in [1.54, 1.807) is 78.9 Å². The molecule has 0 spiro atoms. The van der Waals surface area contributed by atoms with Gasteiger partial charge in [-0.3, -0.25) is 4.55 Å². The van der Waals surface area contributed by atoms with Crippen molar-refractivity contribution in [3.63, 3.8) is 0 Å². The third-order valence-corrected chi connectivity index (χ3v) is 5.80. The van der Waals surface area contributed by atoms with Crippen LogP contribution in [0, 0.1) is 0 Å². The van der Waals surface area contributed by atoms with Crippen molar-refractivity contribution in [2.75, 3.05) is 0 Å². The van der Waals surface area contributed by atoms with Crippen molar-refractivity contribution in [2.45, 2.75) is 14.7 Å². The Kier molecular flexibility index (Phi) is 6.08. The van der Waals surface area contributed by atoms with E-state index in [0.717, 1.165) is 0 Å². The van der Waals surface area contributed by atoms with Gasteiger partial charge in [-0.15, -0.1) is 0 Å². The summed E-state index contributed by atoms with van der Waals surface area (Å²) in [5.74, 6) is 0. The molecule has 0 aliphatic heterocycles. The number of hydrogen-bond acceptors (Lipinski definition) is 4. The van der Waals surface area contributed by atoms with E-state index < -0.39 is 20.0 Å². The molecular weight excluding hydrogens is 360 g/mol. The van der Waals surface area contributed by atoms with Crippen LogP contribution in [0.15, 0.2) is 106 Å². The summed E-state index contributed by atoms with van der Waals surface area (Å²) in [5.41, 5.74) is 0. The molecule has 7 heteroatoms. The van der Waals surface area contributed by atoms with Gasteiger partial charge in [0, 0.05) is 0 Å². The Hall–Kier alpha value is -2.48. The highest BCUT2D eigenvalue weighted by atomic mass is 32.2.